The zero-order valence-corrected chi connectivity index (χ0v) is 16.4. The quantitative estimate of drug-likeness (QED) is 0.263. The molecule has 0 fully saturated rings. The van der Waals surface area contributed by atoms with Gasteiger partial charge < -0.3 is 9.57 Å². The molecule has 142 valence electrons. The van der Waals surface area contributed by atoms with Gasteiger partial charge in [0, 0.05) is 12.1 Å². The molecule has 3 aromatic rings. The van der Waals surface area contributed by atoms with Crippen LogP contribution in [0.5, 0.6) is 5.75 Å². The van der Waals surface area contributed by atoms with Crippen LogP contribution in [-0.4, -0.2) is 11.1 Å². The molecule has 0 aromatic heterocycles. The maximum atomic E-state index is 10.8. The fourth-order valence-electron chi connectivity index (χ4n) is 2.42. The third-order valence-corrected chi connectivity index (χ3v) is 4.44. The molecule has 6 nitrogen and oxygen atoms in total. The van der Waals surface area contributed by atoms with Crippen molar-refractivity contribution >= 4 is 27.8 Å². The molecule has 0 aliphatic heterocycles. The van der Waals surface area contributed by atoms with Crippen molar-refractivity contribution in [3.8, 4) is 5.75 Å². The van der Waals surface area contributed by atoms with Gasteiger partial charge in [-0.3, -0.25) is 10.1 Å². The van der Waals surface area contributed by atoms with Gasteiger partial charge >= 0.3 is 0 Å². The number of hydrogen-bond donors (Lipinski definition) is 0. The van der Waals surface area contributed by atoms with E-state index in [-0.39, 0.29) is 12.3 Å². The normalized spacial score (nSPS) is 10.8. The SMILES string of the molecule is O=[N+]([O-])c1cccc(CO/N=C\c2ccc(OCc3ccccc3)c(Br)c2)c1. The van der Waals surface area contributed by atoms with Crippen LogP contribution in [0.3, 0.4) is 0 Å². The van der Waals surface area contributed by atoms with Crippen LogP contribution in [0.4, 0.5) is 5.69 Å². The summed E-state index contributed by atoms with van der Waals surface area (Å²) in [6.45, 7) is 0.636. The van der Waals surface area contributed by atoms with E-state index in [1.807, 2.05) is 48.5 Å². The Morgan fingerprint density at radius 1 is 0.964 bits per heavy atom. The molecule has 0 unspecified atom stereocenters. The van der Waals surface area contributed by atoms with Gasteiger partial charge in [-0.15, -0.1) is 0 Å². The predicted molar refractivity (Wildman–Crippen MR) is 110 cm³/mol. The lowest BCUT2D eigenvalue weighted by Crippen LogP contribution is -1.96. The second kappa shape index (κ2) is 9.66. The highest BCUT2D eigenvalue weighted by Crippen LogP contribution is 2.26. The van der Waals surface area contributed by atoms with Crippen LogP contribution < -0.4 is 4.74 Å². The lowest BCUT2D eigenvalue weighted by molar-refractivity contribution is -0.384. The van der Waals surface area contributed by atoms with E-state index < -0.39 is 4.92 Å². The van der Waals surface area contributed by atoms with E-state index in [0.717, 1.165) is 21.3 Å². The van der Waals surface area contributed by atoms with Gasteiger partial charge in [0.05, 0.1) is 15.6 Å². The molecule has 0 radical (unpaired) electrons. The number of nitro benzene ring substituents is 1. The number of rotatable bonds is 8. The summed E-state index contributed by atoms with van der Waals surface area (Å²) in [5.74, 6) is 0.735. The van der Waals surface area contributed by atoms with Crippen molar-refractivity contribution in [2.45, 2.75) is 13.2 Å². The fourth-order valence-corrected chi connectivity index (χ4v) is 2.93. The predicted octanol–water partition coefficient (Wildman–Crippen LogP) is 5.49. The fraction of sp³-hybridized carbons (Fsp3) is 0.0952. The lowest BCUT2D eigenvalue weighted by Gasteiger charge is -2.08. The number of benzene rings is 3. The highest BCUT2D eigenvalue weighted by atomic mass is 79.9. The van der Waals surface area contributed by atoms with Gasteiger partial charge in [0.15, 0.2) is 0 Å². The Kier molecular flexibility index (Phi) is 6.75. The van der Waals surface area contributed by atoms with Gasteiger partial charge in [-0.25, -0.2) is 0 Å². The minimum Gasteiger partial charge on any atom is -0.488 e. The summed E-state index contributed by atoms with van der Waals surface area (Å²) in [6, 6.07) is 21.8. The summed E-state index contributed by atoms with van der Waals surface area (Å²) in [5, 5.41) is 14.7. The molecule has 3 aromatic carbocycles. The first kappa shape index (κ1) is 19.6. The van der Waals surface area contributed by atoms with Gasteiger partial charge in [0.25, 0.3) is 5.69 Å². The summed E-state index contributed by atoms with van der Waals surface area (Å²) < 4.78 is 6.63. The molecule has 0 aliphatic rings. The number of nitrogens with zero attached hydrogens (tertiary/aromatic N) is 2. The van der Waals surface area contributed by atoms with Crippen molar-refractivity contribution in [3.05, 3.63) is 104 Å². The number of hydrogen-bond acceptors (Lipinski definition) is 5. The molecule has 0 bridgehead atoms. The monoisotopic (exact) mass is 440 g/mol. The Bertz CT molecular complexity index is 977. The first-order valence-corrected chi connectivity index (χ1v) is 9.26. The first-order valence-electron chi connectivity index (χ1n) is 8.47. The van der Waals surface area contributed by atoms with E-state index in [1.54, 1.807) is 18.3 Å². The molecule has 7 heteroatoms. The molecule has 0 amide bonds. The smallest absolute Gasteiger partial charge is 0.269 e. The van der Waals surface area contributed by atoms with Gasteiger partial charge in [-0.1, -0.05) is 47.6 Å². The van der Waals surface area contributed by atoms with E-state index in [4.69, 9.17) is 9.57 Å². The number of non-ortho nitro benzene ring substituents is 1. The van der Waals surface area contributed by atoms with E-state index in [1.165, 1.54) is 12.1 Å². The van der Waals surface area contributed by atoms with E-state index in [2.05, 4.69) is 21.1 Å². The van der Waals surface area contributed by atoms with Crippen LogP contribution in [0.15, 0.2) is 82.4 Å². The van der Waals surface area contributed by atoms with E-state index in [9.17, 15) is 10.1 Å². The molecule has 0 spiro atoms. The maximum Gasteiger partial charge on any atom is 0.269 e. The summed E-state index contributed by atoms with van der Waals surface area (Å²) in [6.07, 6.45) is 1.57. The van der Waals surface area contributed by atoms with Crippen LogP contribution in [0.2, 0.25) is 0 Å². The summed E-state index contributed by atoms with van der Waals surface area (Å²) in [7, 11) is 0. The average Bonchev–Trinajstić information content (AvgIpc) is 2.71. The number of nitro groups is 1. The van der Waals surface area contributed by atoms with Crippen molar-refractivity contribution in [2.24, 2.45) is 5.16 Å². The number of oxime groups is 1. The summed E-state index contributed by atoms with van der Waals surface area (Å²) in [4.78, 5) is 15.6. The summed E-state index contributed by atoms with van der Waals surface area (Å²) >= 11 is 3.50. The second-order valence-electron chi connectivity index (χ2n) is 5.90. The average molecular weight is 441 g/mol. The Morgan fingerprint density at radius 2 is 1.75 bits per heavy atom. The van der Waals surface area contributed by atoms with Crippen molar-refractivity contribution in [1.29, 1.82) is 0 Å². The van der Waals surface area contributed by atoms with Crippen LogP contribution in [0.25, 0.3) is 0 Å². The topological polar surface area (TPSA) is 74.0 Å². The van der Waals surface area contributed by atoms with Crippen molar-refractivity contribution < 1.29 is 14.5 Å². The zero-order valence-electron chi connectivity index (χ0n) is 14.8. The number of halogens is 1. The molecule has 0 heterocycles. The highest BCUT2D eigenvalue weighted by Gasteiger charge is 2.06. The van der Waals surface area contributed by atoms with Crippen LogP contribution >= 0.6 is 15.9 Å². The third-order valence-electron chi connectivity index (χ3n) is 3.82. The molecular weight excluding hydrogens is 424 g/mol. The molecule has 3 rings (SSSR count). The van der Waals surface area contributed by atoms with Gasteiger partial charge in [-0.2, -0.15) is 0 Å². The molecule has 0 atom stereocenters. The Balaban J connectivity index is 1.53. The van der Waals surface area contributed by atoms with Crippen molar-refractivity contribution in [3.63, 3.8) is 0 Å². The molecule has 0 saturated heterocycles. The standard InChI is InChI=1S/C21H17BrN2O4/c22-20-12-17(9-10-21(20)27-14-16-5-2-1-3-6-16)13-23-28-15-18-7-4-8-19(11-18)24(25)26/h1-13H,14-15H2/b23-13-. The first-order chi connectivity index (χ1) is 13.6. The Hall–Kier alpha value is -3.19. The summed E-state index contributed by atoms with van der Waals surface area (Å²) in [5.41, 5.74) is 2.63. The number of ether oxygens (including phenoxy) is 1. The third kappa shape index (κ3) is 5.65. The van der Waals surface area contributed by atoms with Crippen LogP contribution in [0, 0.1) is 10.1 Å². The van der Waals surface area contributed by atoms with Gasteiger partial charge in [0.2, 0.25) is 0 Å². The van der Waals surface area contributed by atoms with Crippen LogP contribution in [0.1, 0.15) is 16.7 Å². The van der Waals surface area contributed by atoms with Gasteiger partial charge in [-0.05, 0) is 50.8 Å². The minimum absolute atomic E-state index is 0.0279. The molecular formula is C21H17BrN2O4. The maximum absolute atomic E-state index is 10.8. The molecule has 0 saturated carbocycles. The van der Waals surface area contributed by atoms with Crippen molar-refractivity contribution in [1.82, 2.24) is 0 Å². The van der Waals surface area contributed by atoms with Crippen LogP contribution in [-0.2, 0) is 18.1 Å². The highest BCUT2D eigenvalue weighted by molar-refractivity contribution is 9.10. The molecule has 28 heavy (non-hydrogen) atoms. The Morgan fingerprint density at radius 3 is 2.50 bits per heavy atom. The second-order valence-corrected chi connectivity index (χ2v) is 6.75. The minimum atomic E-state index is -0.439. The molecule has 0 aliphatic carbocycles. The Labute approximate surface area is 170 Å². The largest absolute Gasteiger partial charge is 0.488 e. The van der Waals surface area contributed by atoms with Gasteiger partial charge in [0.1, 0.15) is 19.0 Å². The molecule has 0 N–H and O–H groups in total. The van der Waals surface area contributed by atoms with Crippen molar-refractivity contribution in [2.75, 3.05) is 0 Å². The lowest BCUT2D eigenvalue weighted by atomic mass is 10.2. The van der Waals surface area contributed by atoms with E-state index >= 15 is 0 Å². The zero-order chi connectivity index (χ0) is 19.8. The van der Waals surface area contributed by atoms with E-state index in [0.29, 0.717) is 12.2 Å².